The molecule has 0 N–H and O–H groups in total. The first kappa shape index (κ1) is 15.0. The van der Waals surface area contributed by atoms with E-state index in [4.69, 9.17) is 0 Å². The number of halogens is 1. The monoisotopic (exact) mass is 303 g/mol. The number of nitrogens with zero attached hydrogens (tertiary/aromatic N) is 1. The highest BCUT2D eigenvalue weighted by molar-refractivity contribution is 9.09. The van der Waals surface area contributed by atoms with Gasteiger partial charge in [-0.15, -0.1) is 0 Å². The Hall–Kier alpha value is -0.0500. The SMILES string of the molecule is CC(Br)CCN(C)C(=O)CCC1CCCCC1. The highest BCUT2D eigenvalue weighted by Gasteiger charge is 2.16. The summed E-state index contributed by atoms with van der Waals surface area (Å²) in [5.41, 5.74) is 0. The molecule has 0 saturated heterocycles. The van der Waals surface area contributed by atoms with E-state index in [9.17, 15) is 4.79 Å². The van der Waals surface area contributed by atoms with Crippen molar-refractivity contribution in [3.63, 3.8) is 0 Å². The van der Waals surface area contributed by atoms with Crippen LogP contribution in [0, 0.1) is 5.92 Å². The lowest BCUT2D eigenvalue weighted by Crippen LogP contribution is -2.29. The van der Waals surface area contributed by atoms with Crippen molar-refractivity contribution in [3.8, 4) is 0 Å². The van der Waals surface area contributed by atoms with Gasteiger partial charge in [-0.25, -0.2) is 0 Å². The summed E-state index contributed by atoms with van der Waals surface area (Å²) < 4.78 is 0. The molecule has 1 aliphatic carbocycles. The molecule has 0 aliphatic heterocycles. The molecule has 1 fully saturated rings. The number of alkyl halides is 1. The molecule has 0 heterocycles. The second kappa shape index (κ2) is 8.12. The number of carbonyl (C=O) groups is 1. The van der Waals surface area contributed by atoms with Crippen LogP contribution < -0.4 is 0 Å². The average Bonchev–Trinajstić information content (AvgIpc) is 2.34. The lowest BCUT2D eigenvalue weighted by molar-refractivity contribution is -0.130. The quantitative estimate of drug-likeness (QED) is 0.680. The average molecular weight is 304 g/mol. The predicted molar refractivity (Wildman–Crippen MR) is 76.5 cm³/mol. The van der Waals surface area contributed by atoms with Crippen molar-refractivity contribution in [1.82, 2.24) is 4.90 Å². The zero-order valence-electron chi connectivity index (χ0n) is 11.3. The van der Waals surface area contributed by atoms with Gasteiger partial charge >= 0.3 is 0 Å². The third-order valence-electron chi connectivity index (χ3n) is 3.78. The highest BCUT2D eigenvalue weighted by Crippen LogP contribution is 2.27. The van der Waals surface area contributed by atoms with Gasteiger partial charge in [0.05, 0.1) is 0 Å². The predicted octanol–water partition coefficient (Wildman–Crippen LogP) is 3.98. The standard InChI is InChI=1S/C14H26BrNO/c1-12(15)10-11-16(2)14(17)9-8-13-6-4-3-5-7-13/h12-13H,3-11H2,1-2H3. The van der Waals surface area contributed by atoms with Gasteiger partial charge < -0.3 is 4.90 Å². The molecule has 0 aromatic heterocycles. The lowest BCUT2D eigenvalue weighted by atomic mass is 9.86. The van der Waals surface area contributed by atoms with Gasteiger partial charge in [-0.2, -0.15) is 0 Å². The molecule has 17 heavy (non-hydrogen) atoms. The van der Waals surface area contributed by atoms with Crippen LogP contribution in [0.15, 0.2) is 0 Å². The number of amides is 1. The van der Waals surface area contributed by atoms with Crippen molar-refractivity contribution in [2.24, 2.45) is 5.92 Å². The van der Waals surface area contributed by atoms with E-state index >= 15 is 0 Å². The van der Waals surface area contributed by atoms with E-state index in [0.29, 0.717) is 10.7 Å². The molecule has 0 spiro atoms. The third kappa shape index (κ3) is 6.44. The largest absolute Gasteiger partial charge is 0.346 e. The van der Waals surface area contributed by atoms with E-state index in [1.165, 1.54) is 32.1 Å². The van der Waals surface area contributed by atoms with Gasteiger partial charge in [-0.3, -0.25) is 4.79 Å². The minimum atomic E-state index is 0.323. The highest BCUT2D eigenvalue weighted by atomic mass is 79.9. The topological polar surface area (TPSA) is 20.3 Å². The fourth-order valence-corrected chi connectivity index (χ4v) is 2.70. The maximum absolute atomic E-state index is 11.9. The Bertz CT molecular complexity index is 224. The van der Waals surface area contributed by atoms with E-state index in [-0.39, 0.29) is 0 Å². The molecule has 1 amide bonds. The van der Waals surface area contributed by atoms with Gasteiger partial charge in [0.25, 0.3) is 0 Å². The van der Waals surface area contributed by atoms with E-state index in [2.05, 4.69) is 22.9 Å². The van der Waals surface area contributed by atoms with Gasteiger partial charge in [-0.1, -0.05) is 55.0 Å². The first-order valence-electron chi connectivity index (χ1n) is 6.97. The van der Waals surface area contributed by atoms with Crippen LogP contribution in [0.5, 0.6) is 0 Å². The minimum absolute atomic E-state index is 0.323. The van der Waals surface area contributed by atoms with Crippen LogP contribution >= 0.6 is 15.9 Å². The summed E-state index contributed by atoms with van der Waals surface area (Å²) in [7, 11) is 1.93. The molecule has 1 atom stereocenters. The zero-order valence-corrected chi connectivity index (χ0v) is 12.8. The summed E-state index contributed by atoms with van der Waals surface area (Å²) in [4.78, 5) is 14.3. The van der Waals surface area contributed by atoms with Gasteiger partial charge in [0.2, 0.25) is 5.91 Å². The Kier molecular flexibility index (Phi) is 7.17. The number of rotatable bonds is 6. The van der Waals surface area contributed by atoms with E-state index in [0.717, 1.165) is 31.7 Å². The maximum atomic E-state index is 11.9. The van der Waals surface area contributed by atoms with Gasteiger partial charge in [0.1, 0.15) is 0 Å². The second-order valence-corrected chi connectivity index (χ2v) is 6.99. The van der Waals surface area contributed by atoms with E-state index < -0.39 is 0 Å². The lowest BCUT2D eigenvalue weighted by Gasteiger charge is -2.23. The molecule has 0 bridgehead atoms. The Morgan fingerprint density at radius 2 is 2.00 bits per heavy atom. The fraction of sp³-hybridized carbons (Fsp3) is 0.929. The summed E-state index contributed by atoms with van der Waals surface area (Å²) >= 11 is 3.52. The first-order valence-corrected chi connectivity index (χ1v) is 7.89. The molecule has 0 aromatic carbocycles. The third-order valence-corrected chi connectivity index (χ3v) is 4.24. The molecule has 1 unspecified atom stereocenters. The number of hydrogen-bond acceptors (Lipinski definition) is 1. The molecular formula is C14H26BrNO. The van der Waals surface area contributed by atoms with Crippen LogP contribution in [0.4, 0.5) is 0 Å². The van der Waals surface area contributed by atoms with Crippen molar-refractivity contribution >= 4 is 21.8 Å². The van der Waals surface area contributed by atoms with E-state index in [1.807, 2.05) is 11.9 Å². The Labute approximate surface area is 114 Å². The molecule has 0 aromatic rings. The van der Waals surface area contributed by atoms with Crippen molar-refractivity contribution in [3.05, 3.63) is 0 Å². The number of carbonyl (C=O) groups excluding carboxylic acids is 1. The van der Waals surface area contributed by atoms with E-state index in [1.54, 1.807) is 0 Å². The van der Waals surface area contributed by atoms with Crippen LogP contribution in [0.3, 0.4) is 0 Å². The van der Waals surface area contributed by atoms with Crippen LogP contribution in [-0.4, -0.2) is 29.2 Å². The Morgan fingerprint density at radius 3 is 2.59 bits per heavy atom. The summed E-state index contributed by atoms with van der Waals surface area (Å²) in [5, 5.41) is 0. The molecule has 0 radical (unpaired) electrons. The van der Waals surface area contributed by atoms with Crippen LogP contribution in [-0.2, 0) is 4.79 Å². The minimum Gasteiger partial charge on any atom is -0.346 e. The van der Waals surface area contributed by atoms with Gasteiger partial charge in [0, 0.05) is 24.8 Å². The smallest absolute Gasteiger partial charge is 0.222 e. The van der Waals surface area contributed by atoms with Crippen LogP contribution in [0.25, 0.3) is 0 Å². The molecule has 3 heteroatoms. The van der Waals surface area contributed by atoms with Crippen LogP contribution in [0.1, 0.15) is 58.3 Å². The van der Waals surface area contributed by atoms with Gasteiger partial charge in [0.15, 0.2) is 0 Å². The summed E-state index contributed by atoms with van der Waals surface area (Å²) in [5.74, 6) is 1.14. The zero-order chi connectivity index (χ0) is 12.7. The number of hydrogen-bond donors (Lipinski definition) is 0. The van der Waals surface area contributed by atoms with Crippen molar-refractivity contribution in [2.45, 2.75) is 63.1 Å². The molecule has 100 valence electrons. The molecule has 1 aliphatic rings. The fourth-order valence-electron chi connectivity index (χ4n) is 2.49. The second-order valence-electron chi connectivity index (χ2n) is 5.43. The van der Waals surface area contributed by atoms with Crippen molar-refractivity contribution in [2.75, 3.05) is 13.6 Å². The van der Waals surface area contributed by atoms with Gasteiger partial charge in [-0.05, 0) is 18.8 Å². The molecule has 2 nitrogen and oxygen atoms in total. The summed E-state index contributed by atoms with van der Waals surface area (Å²) in [6.07, 6.45) is 9.71. The molecule has 1 saturated carbocycles. The maximum Gasteiger partial charge on any atom is 0.222 e. The normalized spacial score (nSPS) is 19.0. The first-order chi connectivity index (χ1) is 8.09. The van der Waals surface area contributed by atoms with Crippen molar-refractivity contribution < 1.29 is 4.79 Å². The molecule has 1 rings (SSSR count). The summed E-state index contributed by atoms with van der Waals surface area (Å²) in [6.45, 7) is 3.00. The van der Waals surface area contributed by atoms with Crippen LogP contribution in [0.2, 0.25) is 0 Å². The Morgan fingerprint density at radius 1 is 1.35 bits per heavy atom. The van der Waals surface area contributed by atoms with Crippen molar-refractivity contribution in [1.29, 1.82) is 0 Å². The summed E-state index contributed by atoms with van der Waals surface area (Å²) in [6, 6.07) is 0. The molecular weight excluding hydrogens is 278 g/mol. The Balaban J connectivity index is 2.14.